The second kappa shape index (κ2) is 6.91. The molecule has 27 heavy (non-hydrogen) atoms. The van der Waals surface area contributed by atoms with Crippen molar-refractivity contribution in [1.82, 2.24) is 4.90 Å². The first kappa shape index (κ1) is 17.3. The summed E-state index contributed by atoms with van der Waals surface area (Å²) in [7, 11) is 1.58. The third kappa shape index (κ3) is 2.79. The zero-order valence-electron chi connectivity index (χ0n) is 15.6. The Morgan fingerprint density at radius 3 is 2.26 bits per heavy atom. The van der Waals surface area contributed by atoms with Crippen molar-refractivity contribution in [2.24, 2.45) is 0 Å². The second-order valence-corrected chi connectivity index (χ2v) is 6.85. The molecule has 0 bridgehead atoms. The number of benzene rings is 2. The van der Waals surface area contributed by atoms with E-state index in [4.69, 9.17) is 4.74 Å². The maximum absolute atomic E-state index is 13.5. The smallest absolute Gasteiger partial charge is 0.282 e. The molecule has 2 heterocycles. The molecule has 138 valence electrons. The lowest BCUT2D eigenvalue weighted by Crippen LogP contribution is -2.35. The average Bonchev–Trinajstić information content (AvgIpc) is 3.29. The van der Waals surface area contributed by atoms with Crippen molar-refractivity contribution in [2.45, 2.75) is 19.8 Å². The minimum Gasteiger partial charge on any atom is -0.496 e. The van der Waals surface area contributed by atoms with Crippen molar-refractivity contribution < 1.29 is 14.3 Å². The predicted molar refractivity (Wildman–Crippen MR) is 104 cm³/mol. The fourth-order valence-corrected chi connectivity index (χ4v) is 3.88. The SMILES string of the molecule is COc1ccccc1C1=C(N2CCCC2)C(=O)N(c2ccccc2C)C1=O. The molecular formula is C22H22N2O3. The van der Waals surface area contributed by atoms with Crippen molar-refractivity contribution in [3.05, 3.63) is 65.4 Å². The first-order valence-electron chi connectivity index (χ1n) is 9.20. The van der Waals surface area contributed by atoms with Crippen LogP contribution in [0.15, 0.2) is 54.2 Å². The normalized spacial score (nSPS) is 17.3. The Balaban J connectivity index is 1.90. The Morgan fingerprint density at radius 1 is 0.889 bits per heavy atom. The van der Waals surface area contributed by atoms with Gasteiger partial charge in [0.05, 0.1) is 18.4 Å². The minimum absolute atomic E-state index is 0.253. The van der Waals surface area contributed by atoms with Crippen LogP contribution >= 0.6 is 0 Å². The third-order valence-corrected chi connectivity index (χ3v) is 5.21. The van der Waals surface area contributed by atoms with E-state index in [1.54, 1.807) is 7.11 Å². The summed E-state index contributed by atoms with van der Waals surface area (Å²) in [6, 6.07) is 14.9. The van der Waals surface area contributed by atoms with Gasteiger partial charge in [-0.05, 0) is 37.5 Å². The Bertz CT molecular complexity index is 942. The number of carbonyl (C=O) groups excluding carboxylic acids is 2. The highest BCUT2D eigenvalue weighted by atomic mass is 16.5. The number of nitrogens with zero attached hydrogens (tertiary/aromatic N) is 2. The Labute approximate surface area is 158 Å². The minimum atomic E-state index is -0.291. The Kier molecular flexibility index (Phi) is 4.44. The van der Waals surface area contributed by atoms with Gasteiger partial charge in [0.15, 0.2) is 0 Å². The van der Waals surface area contributed by atoms with E-state index < -0.39 is 0 Å². The lowest BCUT2D eigenvalue weighted by molar-refractivity contribution is -0.120. The summed E-state index contributed by atoms with van der Waals surface area (Å²) in [5, 5.41) is 0. The molecule has 2 aliphatic heterocycles. The molecule has 0 aromatic heterocycles. The quantitative estimate of drug-likeness (QED) is 0.783. The van der Waals surface area contributed by atoms with Crippen molar-refractivity contribution in [1.29, 1.82) is 0 Å². The first-order valence-corrected chi connectivity index (χ1v) is 9.20. The number of amides is 2. The van der Waals surface area contributed by atoms with Gasteiger partial charge in [-0.1, -0.05) is 36.4 Å². The van der Waals surface area contributed by atoms with Crippen molar-refractivity contribution in [3.63, 3.8) is 0 Å². The number of likely N-dealkylation sites (tertiary alicyclic amines) is 1. The molecule has 1 fully saturated rings. The topological polar surface area (TPSA) is 49.9 Å². The van der Waals surface area contributed by atoms with Crippen LogP contribution in [0, 0.1) is 6.92 Å². The van der Waals surface area contributed by atoms with Gasteiger partial charge in [-0.15, -0.1) is 0 Å². The molecule has 2 aromatic carbocycles. The number of methoxy groups -OCH3 is 1. The van der Waals surface area contributed by atoms with Crippen LogP contribution in [0.3, 0.4) is 0 Å². The number of rotatable bonds is 4. The molecule has 4 rings (SSSR count). The lowest BCUT2D eigenvalue weighted by atomic mass is 10.0. The Morgan fingerprint density at radius 2 is 1.56 bits per heavy atom. The highest BCUT2D eigenvalue weighted by Gasteiger charge is 2.44. The van der Waals surface area contributed by atoms with E-state index in [1.807, 2.05) is 60.4 Å². The molecule has 0 aliphatic carbocycles. The van der Waals surface area contributed by atoms with Crippen molar-refractivity contribution in [3.8, 4) is 5.75 Å². The molecule has 1 saturated heterocycles. The van der Waals surface area contributed by atoms with E-state index in [1.165, 1.54) is 4.90 Å². The summed E-state index contributed by atoms with van der Waals surface area (Å²) in [6.07, 6.45) is 2.04. The zero-order valence-corrected chi connectivity index (χ0v) is 15.6. The molecule has 5 nitrogen and oxygen atoms in total. The van der Waals surface area contributed by atoms with Gasteiger partial charge in [0.1, 0.15) is 11.4 Å². The highest BCUT2D eigenvalue weighted by molar-refractivity contribution is 6.45. The van der Waals surface area contributed by atoms with Crippen LogP contribution in [0.1, 0.15) is 24.0 Å². The molecule has 0 spiro atoms. The first-order chi connectivity index (χ1) is 13.1. The number of imide groups is 1. The van der Waals surface area contributed by atoms with E-state index in [9.17, 15) is 9.59 Å². The maximum atomic E-state index is 13.5. The number of hydrogen-bond donors (Lipinski definition) is 0. The molecule has 0 N–H and O–H groups in total. The number of para-hydroxylation sites is 2. The van der Waals surface area contributed by atoms with Crippen molar-refractivity contribution >= 4 is 23.1 Å². The van der Waals surface area contributed by atoms with Crippen LogP contribution in [0.5, 0.6) is 5.75 Å². The predicted octanol–water partition coefficient (Wildman–Crippen LogP) is 3.38. The van der Waals surface area contributed by atoms with E-state index >= 15 is 0 Å². The maximum Gasteiger partial charge on any atom is 0.282 e. The van der Waals surface area contributed by atoms with Crippen LogP contribution < -0.4 is 9.64 Å². The molecule has 2 aliphatic rings. The zero-order chi connectivity index (χ0) is 19.0. The van der Waals surface area contributed by atoms with E-state index in [2.05, 4.69) is 0 Å². The van der Waals surface area contributed by atoms with Gasteiger partial charge in [0.2, 0.25) is 0 Å². The number of ether oxygens (including phenoxy) is 1. The van der Waals surface area contributed by atoms with Crippen molar-refractivity contribution in [2.75, 3.05) is 25.1 Å². The summed E-state index contributed by atoms with van der Waals surface area (Å²) in [6.45, 7) is 3.48. The molecule has 0 unspecified atom stereocenters. The van der Waals surface area contributed by atoms with Gasteiger partial charge in [-0.25, -0.2) is 4.90 Å². The largest absolute Gasteiger partial charge is 0.496 e. The van der Waals surface area contributed by atoms with E-state index in [0.29, 0.717) is 28.3 Å². The molecule has 0 atom stereocenters. The fraction of sp³-hybridized carbons (Fsp3) is 0.273. The van der Waals surface area contributed by atoms with Crippen LogP contribution in [-0.4, -0.2) is 36.9 Å². The van der Waals surface area contributed by atoms with Crippen LogP contribution in [-0.2, 0) is 9.59 Å². The van der Waals surface area contributed by atoms with Crippen LogP contribution in [0.2, 0.25) is 0 Å². The summed E-state index contributed by atoms with van der Waals surface area (Å²) >= 11 is 0. The monoisotopic (exact) mass is 362 g/mol. The van der Waals surface area contributed by atoms with Crippen LogP contribution in [0.4, 0.5) is 5.69 Å². The fourth-order valence-electron chi connectivity index (χ4n) is 3.88. The molecule has 0 saturated carbocycles. The van der Waals surface area contributed by atoms with Gasteiger partial charge in [0.25, 0.3) is 11.8 Å². The number of anilines is 1. The standard InChI is InChI=1S/C22H22N2O3/c1-15-9-3-5-11-17(15)24-21(25)19(16-10-4-6-12-18(16)27-2)20(22(24)26)23-13-7-8-14-23/h3-6,9-12H,7-8,13-14H2,1-2H3. The third-order valence-electron chi connectivity index (χ3n) is 5.21. The van der Waals surface area contributed by atoms with Gasteiger partial charge in [0, 0.05) is 18.7 Å². The summed E-state index contributed by atoms with van der Waals surface area (Å²) in [4.78, 5) is 30.2. The van der Waals surface area contributed by atoms with Gasteiger partial charge < -0.3 is 9.64 Å². The second-order valence-electron chi connectivity index (χ2n) is 6.85. The number of hydrogen-bond acceptors (Lipinski definition) is 4. The molecule has 2 aromatic rings. The molecule has 5 heteroatoms. The summed E-state index contributed by atoms with van der Waals surface area (Å²) in [5.41, 5.74) is 3.11. The average molecular weight is 362 g/mol. The lowest BCUT2D eigenvalue weighted by Gasteiger charge is -2.21. The van der Waals surface area contributed by atoms with Gasteiger partial charge >= 0.3 is 0 Å². The molecular weight excluding hydrogens is 340 g/mol. The van der Waals surface area contributed by atoms with E-state index in [-0.39, 0.29) is 11.8 Å². The number of carbonyl (C=O) groups is 2. The van der Waals surface area contributed by atoms with E-state index in [0.717, 1.165) is 31.5 Å². The summed E-state index contributed by atoms with van der Waals surface area (Å²) in [5.74, 6) is 0.0507. The molecule has 2 amide bonds. The number of aryl methyl sites for hydroxylation is 1. The van der Waals surface area contributed by atoms with Gasteiger partial charge in [-0.2, -0.15) is 0 Å². The molecule has 0 radical (unpaired) electrons. The van der Waals surface area contributed by atoms with Crippen LogP contribution in [0.25, 0.3) is 5.57 Å². The highest BCUT2D eigenvalue weighted by Crippen LogP contribution is 2.39. The Hall–Kier alpha value is -3.08. The van der Waals surface area contributed by atoms with Gasteiger partial charge in [-0.3, -0.25) is 9.59 Å². The summed E-state index contributed by atoms with van der Waals surface area (Å²) < 4.78 is 5.48.